The van der Waals surface area contributed by atoms with E-state index in [1.165, 1.54) is 0 Å². The van der Waals surface area contributed by atoms with Crippen LogP contribution in [0.1, 0.15) is 22.6 Å². The normalized spacial score (nSPS) is 11.7. The fraction of sp³-hybridized carbons (Fsp3) is 0.100. The minimum absolute atomic E-state index is 0.0102. The Balaban J connectivity index is 1.51. The smallest absolute Gasteiger partial charge is 0.230 e. The molecule has 0 radical (unpaired) electrons. The third-order valence-corrected chi connectivity index (χ3v) is 7.09. The fourth-order valence-electron chi connectivity index (χ4n) is 4.82. The second kappa shape index (κ2) is 10.7. The first-order valence-corrected chi connectivity index (χ1v) is 14.5. The van der Waals surface area contributed by atoms with Crippen molar-refractivity contribution in [2.24, 2.45) is 0 Å². The molecule has 0 atom stereocenters. The Hall–Kier alpha value is -4.96. The van der Waals surface area contributed by atoms with E-state index in [4.69, 9.17) is 9.97 Å². The number of hydrogen-bond acceptors (Lipinski definition) is 7. The number of nitrogens with zero attached hydrogens (tertiary/aromatic N) is 6. The molecule has 6 rings (SSSR count). The molecule has 1 N–H and O–H groups in total. The van der Waals surface area contributed by atoms with Gasteiger partial charge in [0.2, 0.25) is 10.0 Å². The van der Waals surface area contributed by atoms with Crippen LogP contribution >= 0.6 is 0 Å². The van der Waals surface area contributed by atoms with Crippen LogP contribution in [-0.4, -0.2) is 44.2 Å². The number of nitrogens with one attached hydrogen (secondary N) is 1. The number of benzene rings is 1. The number of para-hydroxylation sites is 2. The van der Waals surface area contributed by atoms with E-state index >= 15 is 0 Å². The summed E-state index contributed by atoms with van der Waals surface area (Å²) in [5, 5.41) is 0. The van der Waals surface area contributed by atoms with Crippen molar-refractivity contribution in [2.75, 3.05) is 11.0 Å². The van der Waals surface area contributed by atoms with Gasteiger partial charge in [0, 0.05) is 36.9 Å². The third kappa shape index (κ3) is 5.29. The van der Waals surface area contributed by atoms with Crippen LogP contribution in [0, 0.1) is 0 Å². The maximum Gasteiger partial charge on any atom is 0.230 e. The molecule has 0 aliphatic rings. The van der Waals surface area contributed by atoms with Crippen molar-refractivity contribution in [3.63, 3.8) is 0 Å². The Morgan fingerprint density at radius 3 is 2.23 bits per heavy atom. The van der Waals surface area contributed by atoms with Gasteiger partial charge < -0.3 is 0 Å². The summed E-state index contributed by atoms with van der Waals surface area (Å²) in [6.45, 7) is 0. The molecule has 6 aromatic rings. The summed E-state index contributed by atoms with van der Waals surface area (Å²) < 4.78 is 28.2. The van der Waals surface area contributed by atoms with Gasteiger partial charge in [0.15, 0.2) is 5.82 Å². The monoisotopic (exact) mass is 547 g/mol. The van der Waals surface area contributed by atoms with Crippen LogP contribution in [0.15, 0.2) is 110 Å². The molecule has 0 amide bonds. The second-order valence-electron chi connectivity index (χ2n) is 9.36. The predicted octanol–water partition coefficient (Wildman–Crippen LogP) is 5.02. The van der Waals surface area contributed by atoms with Gasteiger partial charge in [0.25, 0.3) is 0 Å². The van der Waals surface area contributed by atoms with Crippen molar-refractivity contribution in [3.8, 4) is 17.3 Å². The largest absolute Gasteiger partial charge is 0.275 e. The zero-order chi connectivity index (χ0) is 27.5. The van der Waals surface area contributed by atoms with Crippen LogP contribution in [0.4, 0.5) is 5.82 Å². The summed E-state index contributed by atoms with van der Waals surface area (Å²) in [4.78, 5) is 23.0. The first-order valence-electron chi connectivity index (χ1n) is 12.6. The Kier molecular flexibility index (Phi) is 6.75. The molecule has 40 heavy (non-hydrogen) atoms. The van der Waals surface area contributed by atoms with Crippen LogP contribution in [0.25, 0.3) is 28.4 Å². The Morgan fingerprint density at radius 1 is 0.800 bits per heavy atom. The number of rotatable bonds is 8. The summed E-state index contributed by atoms with van der Waals surface area (Å²) in [7, 11) is -3.50. The summed E-state index contributed by atoms with van der Waals surface area (Å²) in [5.41, 5.74) is 5.28. The van der Waals surface area contributed by atoms with Gasteiger partial charge in [-0.05, 0) is 65.6 Å². The molecule has 0 bridgehead atoms. The quantitative estimate of drug-likeness (QED) is 0.284. The lowest BCUT2D eigenvalue weighted by Gasteiger charge is -2.20. The standard InChI is InChI=1S/C30H25N7O2S/c1-40(38,39)36-28-14-4-12-26(34-28)30-35-25-11-2-3-13-27(25)37(30)29-21(8-7-17-33-29)18-24(22-9-5-15-31-19-22)23-10-6-16-32-20-23/h2-17,19-20,24H,18H2,1H3,(H,34,36). The molecule has 10 heteroatoms. The average Bonchev–Trinajstić information content (AvgIpc) is 3.36. The van der Waals surface area contributed by atoms with Gasteiger partial charge in [0.1, 0.15) is 17.3 Å². The lowest BCUT2D eigenvalue weighted by molar-refractivity contribution is 0.606. The van der Waals surface area contributed by atoms with Crippen LogP contribution < -0.4 is 4.72 Å². The Labute approximate surface area is 231 Å². The summed E-state index contributed by atoms with van der Waals surface area (Å²) in [6.07, 6.45) is 10.8. The SMILES string of the molecule is CS(=O)(=O)Nc1cccc(-c2nc3ccccc3n2-c2ncccc2CC(c2cccnc2)c2cccnc2)n1. The van der Waals surface area contributed by atoms with Crippen molar-refractivity contribution in [1.29, 1.82) is 0 Å². The van der Waals surface area contributed by atoms with E-state index < -0.39 is 10.0 Å². The summed E-state index contributed by atoms with van der Waals surface area (Å²) in [6, 6.07) is 25.0. The number of hydrogen-bond donors (Lipinski definition) is 1. The molecule has 5 heterocycles. The highest BCUT2D eigenvalue weighted by atomic mass is 32.2. The van der Waals surface area contributed by atoms with Crippen LogP contribution in [0.2, 0.25) is 0 Å². The molecule has 0 aliphatic carbocycles. The minimum Gasteiger partial charge on any atom is -0.275 e. The van der Waals surface area contributed by atoms with E-state index in [1.54, 1.807) is 30.7 Å². The number of anilines is 1. The van der Waals surface area contributed by atoms with Crippen LogP contribution in [0.3, 0.4) is 0 Å². The third-order valence-electron chi connectivity index (χ3n) is 6.51. The number of pyridine rings is 4. The molecule has 0 aliphatic heterocycles. The average molecular weight is 548 g/mol. The maximum absolute atomic E-state index is 11.9. The van der Waals surface area contributed by atoms with E-state index in [2.05, 4.69) is 37.9 Å². The molecule has 0 saturated carbocycles. The van der Waals surface area contributed by atoms with E-state index in [9.17, 15) is 8.42 Å². The van der Waals surface area contributed by atoms with Gasteiger partial charge in [-0.25, -0.2) is 23.4 Å². The summed E-state index contributed by atoms with van der Waals surface area (Å²) >= 11 is 0. The van der Waals surface area contributed by atoms with E-state index in [1.807, 2.05) is 65.5 Å². The van der Waals surface area contributed by atoms with Crippen molar-refractivity contribution < 1.29 is 8.42 Å². The number of aromatic nitrogens is 6. The fourth-order valence-corrected chi connectivity index (χ4v) is 5.32. The molecular weight excluding hydrogens is 522 g/mol. The zero-order valence-corrected chi connectivity index (χ0v) is 22.4. The topological polar surface area (TPSA) is 116 Å². The number of sulfonamides is 1. The second-order valence-corrected chi connectivity index (χ2v) is 11.1. The highest BCUT2D eigenvalue weighted by molar-refractivity contribution is 7.92. The first kappa shape index (κ1) is 25.3. The van der Waals surface area contributed by atoms with Crippen LogP contribution in [0.5, 0.6) is 0 Å². The van der Waals surface area contributed by atoms with Gasteiger partial charge in [-0.15, -0.1) is 0 Å². The maximum atomic E-state index is 11.9. The molecule has 1 aromatic carbocycles. The predicted molar refractivity (Wildman–Crippen MR) is 155 cm³/mol. The van der Waals surface area contributed by atoms with Gasteiger partial charge >= 0.3 is 0 Å². The van der Waals surface area contributed by atoms with E-state index in [-0.39, 0.29) is 11.7 Å². The zero-order valence-electron chi connectivity index (χ0n) is 21.6. The van der Waals surface area contributed by atoms with E-state index in [0.717, 1.165) is 34.0 Å². The molecule has 0 spiro atoms. The van der Waals surface area contributed by atoms with Gasteiger partial charge in [-0.3, -0.25) is 19.3 Å². The highest BCUT2D eigenvalue weighted by Crippen LogP contribution is 2.33. The number of fused-ring (bicyclic) bond motifs is 1. The molecule has 9 nitrogen and oxygen atoms in total. The van der Waals surface area contributed by atoms with Crippen molar-refractivity contribution in [3.05, 3.63) is 127 Å². The molecular formula is C30H25N7O2S. The minimum atomic E-state index is -3.50. The lowest BCUT2D eigenvalue weighted by atomic mass is 9.87. The number of imidazole rings is 1. The molecule has 198 valence electrons. The van der Waals surface area contributed by atoms with E-state index in [0.29, 0.717) is 23.8 Å². The van der Waals surface area contributed by atoms with Crippen molar-refractivity contribution in [2.45, 2.75) is 12.3 Å². The Morgan fingerprint density at radius 2 is 1.52 bits per heavy atom. The molecule has 0 saturated heterocycles. The van der Waals surface area contributed by atoms with Gasteiger partial charge in [0.05, 0.1) is 17.3 Å². The lowest BCUT2D eigenvalue weighted by Crippen LogP contribution is -2.12. The van der Waals surface area contributed by atoms with Crippen molar-refractivity contribution in [1.82, 2.24) is 29.5 Å². The first-order chi connectivity index (χ1) is 19.5. The highest BCUT2D eigenvalue weighted by Gasteiger charge is 2.22. The Bertz CT molecular complexity index is 1850. The summed E-state index contributed by atoms with van der Waals surface area (Å²) in [5.74, 6) is 1.47. The van der Waals surface area contributed by atoms with Gasteiger partial charge in [-0.2, -0.15) is 0 Å². The molecule has 0 fully saturated rings. The van der Waals surface area contributed by atoms with Crippen LogP contribution in [-0.2, 0) is 16.4 Å². The van der Waals surface area contributed by atoms with Crippen molar-refractivity contribution >= 4 is 26.9 Å². The molecule has 5 aromatic heterocycles. The molecule has 0 unspecified atom stereocenters. The van der Waals surface area contributed by atoms with Gasteiger partial charge in [-0.1, -0.05) is 36.4 Å².